The largest absolute Gasteiger partial charge is 0.496 e. The highest BCUT2D eigenvalue weighted by Gasteiger charge is 2.22. The summed E-state index contributed by atoms with van der Waals surface area (Å²) in [6, 6.07) is 18.0. The van der Waals surface area contributed by atoms with Crippen molar-refractivity contribution < 1.29 is 9.53 Å². The zero-order valence-electron chi connectivity index (χ0n) is 17.2. The first-order valence-electron chi connectivity index (χ1n) is 9.90. The molecule has 3 aromatic rings. The van der Waals surface area contributed by atoms with Gasteiger partial charge in [-0.05, 0) is 24.3 Å². The number of piperazine rings is 1. The Balaban J connectivity index is 1.34. The number of rotatable bonds is 6. The lowest BCUT2D eigenvalue weighted by Crippen LogP contribution is -2.49. The Morgan fingerprint density at radius 2 is 1.70 bits per heavy atom. The van der Waals surface area contributed by atoms with E-state index >= 15 is 0 Å². The van der Waals surface area contributed by atoms with Gasteiger partial charge in [0.25, 0.3) is 0 Å². The number of carbonyl (C=O) groups is 1. The summed E-state index contributed by atoms with van der Waals surface area (Å²) in [5, 5.41) is 9.30. The van der Waals surface area contributed by atoms with Crippen LogP contribution in [0.1, 0.15) is 0 Å². The molecule has 2 heterocycles. The normalized spacial score (nSPS) is 14.1. The van der Waals surface area contributed by atoms with Crippen molar-refractivity contribution >= 4 is 23.4 Å². The molecule has 1 aliphatic heterocycles. The van der Waals surface area contributed by atoms with Gasteiger partial charge in [-0.15, -0.1) is 10.2 Å². The third kappa shape index (κ3) is 4.28. The molecule has 0 unspecified atom stereocenters. The van der Waals surface area contributed by atoms with E-state index in [1.54, 1.807) is 7.11 Å². The number of anilines is 1. The van der Waals surface area contributed by atoms with Crippen molar-refractivity contribution in [3.8, 4) is 17.1 Å². The fourth-order valence-electron chi connectivity index (χ4n) is 3.57. The highest BCUT2D eigenvalue weighted by Crippen LogP contribution is 2.30. The van der Waals surface area contributed by atoms with Gasteiger partial charge in [0.1, 0.15) is 5.75 Å². The first-order chi connectivity index (χ1) is 14.7. The van der Waals surface area contributed by atoms with Crippen molar-refractivity contribution in [1.29, 1.82) is 0 Å². The number of para-hydroxylation sites is 2. The van der Waals surface area contributed by atoms with Crippen LogP contribution in [0.4, 0.5) is 5.69 Å². The molecule has 0 spiro atoms. The van der Waals surface area contributed by atoms with Crippen LogP contribution in [0.2, 0.25) is 0 Å². The summed E-state index contributed by atoms with van der Waals surface area (Å²) < 4.78 is 7.34. The predicted octanol–water partition coefficient (Wildman–Crippen LogP) is 2.93. The number of ether oxygens (including phenoxy) is 1. The molecule has 0 saturated carbocycles. The molecule has 1 aliphatic rings. The van der Waals surface area contributed by atoms with Crippen molar-refractivity contribution in [2.45, 2.75) is 5.16 Å². The Morgan fingerprint density at radius 3 is 2.43 bits per heavy atom. The number of hydrogen-bond donors (Lipinski definition) is 0. The summed E-state index contributed by atoms with van der Waals surface area (Å²) in [4.78, 5) is 17.0. The van der Waals surface area contributed by atoms with Gasteiger partial charge in [0.15, 0.2) is 11.0 Å². The van der Waals surface area contributed by atoms with Gasteiger partial charge in [0, 0.05) is 38.9 Å². The van der Waals surface area contributed by atoms with Crippen molar-refractivity contribution in [2.75, 3.05) is 43.9 Å². The molecular weight excluding hydrogens is 398 g/mol. The van der Waals surface area contributed by atoms with Crippen LogP contribution in [0.25, 0.3) is 11.4 Å². The second-order valence-corrected chi connectivity index (χ2v) is 8.00. The molecule has 0 N–H and O–H groups in total. The zero-order valence-corrected chi connectivity index (χ0v) is 18.0. The second-order valence-electron chi connectivity index (χ2n) is 7.06. The van der Waals surface area contributed by atoms with Crippen molar-refractivity contribution in [3.63, 3.8) is 0 Å². The van der Waals surface area contributed by atoms with Crippen LogP contribution in [0.3, 0.4) is 0 Å². The van der Waals surface area contributed by atoms with E-state index in [9.17, 15) is 4.79 Å². The Hall–Kier alpha value is -3.00. The van der Waals surface area contributed by atoms with Gasteiger partial charge in [-0.3, -0.25) is 4.79 Å². The fraction of sp³-hybridized carbons (Fsp3) is 0.318. The van der Waals surface area contributed by atoms with E-state index < -0.39 is 0 Å². The molecule has 7 nitrogen and oxygen atoms in total. The van der Waals surface area contributed by atoms with Crippen molar-refractivity contribution in [2.24, 2.45) is 7.05 Å². The predicted molar refractivity (Wildman–Crippen MR) is 119 cm³/mol. The van der Waals surface area contributed by atoms with Gasteiger partial charge in [0.05, 0.1) is 18.4 Å². The first kappa shape index (κ1) is 20.3. The van der Waals surface area contributed by atoms with E-state index in [0.717, 1.165) is 43.3 Å². The van der Waals surface area contributed by atoms with Crippen LogP contribution >= 0.6 is 11.8 Å². The molecule has 1 amide bonds. The van der Waals surface area contributed by atoms with Crippen LogP contribution in [0.5, 0.6) is 5.75 Å². The second kappa shape index (κ2) is 9.21. The number of carbonyl (C=O) groups excluding carboxylic acids is 1. The van der Waals surface area contributed by atoms with Gasteiger partial charge in [0.2, 0.25) is 5.91 Å². The third-order valence-corrected chi connectivity index (χ3v) is 6.27. The van der Waals surface area contributed by atoms with Gasteiger partial charge in [-0.25, -0.2) is 0 Å². The minimum Gasteiger partial charge on any atom is -0.496 e. The number of hydrogen-bond acceptors (Lipinski definition) is 6. The molecule has 1 aromatic heterocycles. The molecule has 8 heteroatoms. The van der Waals surface area contributed by atoms with Crippen LogP contribution in [-0.2, 0) is 11.8 Å². The molecular formula is C22H25N5O2S. The van der Waals surface area contributed by atoms with Crippen molar-refractivity contribution in [1.82, 2.24) is 19.7 Å². The minimum absolute atomic E-state index is 0.134. The number of benzene rings is 2. The minimum atomic E-state index is 0.134. The van der Waals surface area contributed by atoms with Crippen LogP contribution < -0.4 is 9.64 Å². The summed E-state index contributed by atoms with van der Waals surface area (Å²) >= 11 is 1.42. The topological polar surface area (TPSA) is 63.5 Å². The smallest absolute Gasteiger partial charge is 0.233 e. The molecule has 1 saturated heterocycles. The molecule has 2 aromatic carbocycles. The average molecular weight is 424 g/mol. The van der Waals surface area contributed by atoms with E-state index in [4.69, 9.17) is 4.74 Å². The van der Waals surface area contributed by atoms with E-state index in [-0.39, 0.29) is 5.91 Å². The van der Waals surface area contributed by atoms with Crippen molar-refractivity contribution in [3.05, 3.63) is 54.6 Å². The van der Waals surface area contributed by atoms with E-state index in [0.29, 0.717) is 10.9 Å². The van der Waals surface area contributed by atoms with Gasteiger partial charge in [-0.1, -0.05) is 42.1 Å². The summed E-state index contributed by atoms with van der Waals surface area (Å²) in [7, 11) is 3.55. The summed E-state index contributed by atoms with van der Waals surface area (Å²) in [6.45, 7) is 3.17. The third-order valence-electron chi connectivity index (χ3n) is 5.26. The lowest BCUT2D eigenvalue weighted by molar-refractivity contribution is -0.128. The number of thioether (sulfide) groups is 1. The maximum Gasteiger partial charge on any atom is 0.233 e. The summed E-state index contributed by atoms with van der Waals surface area (Å²) in [5.74, 6) is 1.95. The molecule has 0 aliphatic carbocycles. The number of aromatic nitrogens is 3. The van der Waals surface area contributed by atoms with Crippen LogP contribution in [0.15, 0.2) is 59.8 Å². The first-order valence-corrected chi connectivity index (χ1v) is 10.9. The summed E-state index contributed by atoms with van der Waals surface area (Å²) in [6.07, 6.45) is 0. The van der Waals surface area contributed by atoms with Gasteiger partial charge in [-0.2, -0.15) is 0 Å². The highest BCUT2D eigenvalue weighted by atomic mass is 32.2. The standard InChI is InChI=1S/C22H25N5O2S/c1-25-21(18-10-6-7-11-19(18)29-2)23-24-22(25)30-16-20(28)27-14-12-26(13-15-27)17-8-4-3-5-9-17/h3-11H,12-16H2,1-2H3. The number of methoxy groups -OCH3 is 1. The highest BCUT2D eigenvalue weighted by molar-refractivity contribution is 7.99. The molecule has 0 radical (unpaired) electrons. The Morgan fingerprint density at radius 1 is 1.00 bits per heavy atom. The lowest BCUT2D eigenvalue weighted by Gasteiger charge is -2.36. The SMILES string of the molecule is COc1ccccc1-c1nnc(SCC(=O)N2CCN(c3ccccc3)CC2)n1C. The van der Waals surface area contributed by atoms with Crippen LogP contribution in [-0.4, -0.2) is 64.6 Å². The molecule has 0 atom stereocenters. The zero-order chi connectivity index (χ0) is 20.9. The Labute approximate surface area is 180 Å². The Kier molecular flexibility index (Phi) is 6.23. The lowest BCUT2D eigenvalue weighted by atomic mass is 10.2. The molecule has 0 bridgehead atoms. The number of nitrogens with zero attached hydrogens (tertiary/aromatic N) is 5. The van der Waals surface area contributed by atoms with Gasteiger partial charge >= 0.3 is 0 Å². The summed E-state index contributed by atoms with van der Waals surface area (Å²) in [5.41, 5.74) is 2.09. The van der Waals surface area contributed by atoms with E-state index in [1.165, 1.54) is 17.4 Å². The maximum atomic E-state index is 12.7. The van der Waals surface area contributed by atoms with E-state index in [1.807, 2.05) is 59.0 Å². The fourth-order valence-corrected chi connectivity index (χ4v) is 4.39. The Bertz CT molecular complexity index is 1000. The average Bonchev–Trinajstić information content (AvgIpc) is 3.18. The molecule has 30 heavy (non-hydrogen) atoms. The number of amides is 1. The van der Waals surface area contributed by atoms with E-state index in [2.05, 4.69) is 27.2 Å². The monoisotopic (exact) mass is 423 g/mol. The molecule has 1 fully saturated rings. The van der Waals surface area contributed by atoms with Gasteiger partial charge < -0.3 is 19.1 Å². The van der Waals surface area contributed by atoms with Crippen LogP contribution in [0, 0.1) is 0 Å². The quantitative estimate of drug-likeness (QED) is 0.568. The molecule has 156 valence electrons. The molecule has 4 rings (SSSR count). The maximum absolute atomic E-state index is 12.7.